The van der Waals surface area contributed by atoms with Gasteiger partial charge in [-0.1, -0.05) is 0 Å². The smallest absolute Gasteiger partial charge is 0.232 e. The molecule has 1 atom stereocenters. The Balaban J connectivity index is 1.75. The molecule has 1 aliphatic carbocycles. The van der Waals surface area contributed by atoms with Gasteiger partial charge in [0.1, 0.15) is 29.1 Å². The summed E-state index contributed by atoms with van der Waals surface area (Å²) >= 11 is 0. The summed E-state index contributed by atoms with van der Waals surface area (Å²) in [6.45, 7) is 2.55. The van der Waals surface area contributed by atoms with E-state index in [-0.39, 0.29) is 18.3 Å². The number of sulfonamides is 1. The molecule has 1 aliphatic rings. The van der Waals surface area contributed by atoms with Crippen molar-refractivity contribution in [1.29, 1.82) is 0 Å². The van der Waals surface area contributed by atoms with Crippen molar-refractivity contribution in [2.45, 2.75) is 44.3 Å². The van der Waals surface area contributed by atoms with Crippen LogP contribution in [0.15, 0.2) is 53.2 Å². The van der Waals surface area contributed by atoms with Crippen molar-refractivity contribution in [3.63, 3.8) is 0 Å². The minimum absolute atomic E-state index is 0.154. The molecule has 10 heteroatoms. The Morgan fingerprint density at radius 3 is 2.50 bits per heavy atom. The Hall–Kier alpha value is -3.21. The average molecular weight is 514 g/mol. The number of hydrogen-bond acceptors (Lipinski definition) is 6. The van der Waals surface area contributed by atoms with Crippen LogP contribution >= 0.6 is 0 Å². The lowest BCUT2D eigenvalue weighted by atomic mass is 9.99. The predicted molar refractivity (Wildman–Crippen MR) is 136 cm³/mol. The third-order valence-electron chi connectivity index (χ3n) is 6.52. The SMILES string of the molecule is CC(C)(O)C(O)CN(c1cc2oc(-c3ccc(F)cc3)c(-c3ncc[nH]3)c2cc1C1CC1)S(C)(=O)=O. The first-order valence-electron chi connectivity index (χ1n) is 11.7. The van der Waals surface area contributed by atoms with Crippen LogP contribution in [0.5, 0.6) is 0 Å². The number of hydrogen-bond donors (Lipinski definition) is 3. The number of H-pyrrole nitrogens is 1. The minimum Gasteiger partial charge on any atom is -0.455 e. The van der Waals surface area contributed by atoms with Gasteiger partial charge >= 0.3 is 0 Å². The lowest BCUT2D eigenvalue weighted by molar-refractivity contribution is -0.0417. The van der Waals surface area contributed by atoms with Crippen LogP contribution in [0, 0.1) is 5.82 Å². The molecule has 0 bridgehead atoms. The Kier molecular flexibility index (Phi) is 5.93. The molecule has 5 rings (SSSR count). The van der Waals surface area contributed by atoms with Gasteiger partial charge in [0.2, 0.25) is 10.0 Å². The molecular formula is C26H28FN3O5S. The molecular weight excluding hydrogens is 485 g/mol. The van der Waals surface area contributed by atoms with Crippen molar-refractivity contribution >= 4 is 26.7 Å². The number of imidazole rings is 1. The van der Waals surface area contributed by atoms with Gasteiger partial charge in [-0.15, -0.1) is 0 Å². The van der Waals surface area contributed by atoms with E-state index in [9.17, 15) is 23.0 Å². The number of halogens is 1. The van der Waals surface area contributed by atoms with Gasteiger partial charge in [-0.05, 0) is 68.5 Å². The largest absolute Gasteiger partial charge is 0.455 e. The predicted octanol–water partition coefficient (Wildman–Crippen LogP) is 4.40. The summed E-state index contributed by atoms with van der Waals surface area (Å²) in [6, 6.07) is 9.51. The van der Waals surface area contributed by atoms with Gasteiger partial charge in [0.15, 0.2) is 0 Å². The lowest BCUT2D eigenvalue weighted by Crippen LogP contribution is -2.47. The zero-order valence-corrected chi connectivity index (χ0v) is 21.0. The fourth-order valence-corrected chi connectivity index (χ4v) is 5.25. The summed E-state index contributed by atoms with van der Waals surface area (Å²) in [4.78, 5) is 7.52. The number of nitrogens with one attached hydrogen (secondary N) is 1. The van der Waals surface area contributed by atoms with Gasteiger partial charge in [0.05, 0.1) is 29.7 Å². The third kappa shape index (κ3) is 4.63. The van der Waals surface area contributed by atoms with Crippen LogP contribution in [0.2, 0.25) is 0 Å². The highest BCUT2D eigenvalue weighted by Crippen LogP contribution is 2.49. The zero-order chi connectivity index (χ0) is 25.8. The van der Waals surface area contributed by atoms with Crippen LogP contribution in [0.4, 0.5) is 10.1 Å². The van der Waals surface area contributed by atoms with Crippen LogP contribution in [-0.2, 0) is 10.0 Å². The molecule has 4 aromatic rings. The topological polar surface area (TPSA) is 120 Å². The molecule has 1 fully saturated rings. The quantitative estimate of drug-likeness (QED) is 0.321. The van der Waals surface area contributed by atoms with E-state index in [1.807, 2.05) is 6.07 Å². The van der Waals surface area contributed by atoms with Crippen LogP contribution in [-0.4, -0.2) is 53.1 Å². The molecule has 0 saturated heterocycles. The zero-order valence-electron chi connectivity index (χ0n) is 20.2. The summed E-state index contributed by atoms with van der Waals surface area (Å²) in [5.74, 6) is 0.824. The van der Waals surface area contributed by atoms with Crippen molar-refractivity contribution in [2.75, 3.05) is 17.1 Å². The van der Waals surface area contributed by atoms with Crippen molar-refractivity contribution in [1.82, 2.24) is 9.97 Å². The Labute approximate surface area is 208 Å². The van der Waals surface area contributed by atoms with Gasteiger partial charge < -0.3 is 19.6 Å². The summed E-state index contributed by atoms with van der Waals surface area (Å²) in [6.07, 6.45) is 4.89. The molecule has 0 radical (unpaired) electrons. The van der Waals surface area contributed by atoms with Gasteiger partial charge in [0.25, 0.3) is 0 Å². The number of anilines is 1. The monoisotopic (exact) mass is 513 g/mol. The number of furan rings is 1. The summed E-state index contributed by atoms with van der Waals surface area (Å²) in [5.41, 5.74) is 1.48. The first kappa shape index (κ1) is 24.5. The molecule has 2 aromatic heterocycles. The fraction of sp³-hybridized carbons (Fsp3) is 0.346. The second kappa shape index (κ2) is 8.72. The Morgan fingerprint density at radius 2 is 1.94 bits per heavy atom. The normalized spacial score (nSPS) is 15.4. The van der Waals surface area contributed by atoms with E-state index in [2.05, 4.69) is 9.97 Å². The molecule has 190 valence electrons. The van der Waals surface area contributed by atoms with E-state index in [1.54, 1.807) is 30.6 Å². The number of aliphatic hydroxyl groups excluding tert-OH is 1. The number of aliphatic hydroxyl groups is 2. The van der Waals surface area contributed by atoms with E-state index < -0.39 is 21.7 Å². The average Bonchev–Trinajstić information content (AvgIpc) is 3.37. The van der Waals surface area contributed by atoms with Crippen molar-refractivity contribution in [3.8, 4) is 22.7 Å². The van der Waals surface area contributed by atoms with Gasteiger partial charge in [-0.25, -0.2) is 17.8 Å². The molecule has 0 spiro atoms. The second-order valence-corrected chi connectivity index (χ2v) is 11.8. The maximum atomic E-state index is 13.6. The first-order valence-corrected chi connectivity index (χ1v) is 13.5. The van der Waals surface area contributed by atoms with Gasteiger partial charge in [-0.3, -0.25) is 4.31 Å². The number of rotatable bonds is 8. The summed E-state index contributed by atoms with van der Waals surface area (Å²) in [5, 5.41) is 21.6. The van der Waals surface area contributed by atoms with E-state index in [1.165, 1.54) is 26.0 Å². The highest BCUT2D eigenvalue weighted by molar-refractivity contribution is 7.92. The molecule has 36 heavy (non-hydrogen) atoms. The number of aromatic amines is 1. The molecule has 1 saturated carbocycles. The molecule has 0 aliphatic heterocycles. The highest BCUT2D eigenvalue weighted by Gasteiger charge is 2.35. The second-order valence-electron chi connectivity index (χ2n) is 9.90. The highest BCUT2D eigenvalue weighted by atomic mass is 32.2. The van der Waals surface area contributed by atoms with Gasteiger partial charge in [-0.2, -0.15) is 0 Å². The third-order valence-corrected chi connectivity index (χ3v) is 7.67. The first-order chi connectivity index (χ1) is 16.9. The Bertz CT molecular complexity index is 1500. The lowest BCUT2D eigenvalue weighted by Gasteiger charge is -2.32. The van der Waals surface area contributed by atoms with Crippen LogP contribution < -0.4 is 4.31 Å². The maximum absolute atomic E-state index is 13.6. The number of nitrogens with zero attached hydrogens (tertiary/aromatic N) is 2. The van der Waals surface area contributed by atoms with Crippen molar-refractivity contribution in [2.24, 2.45) is 0 Å². The maximum Gasteiger partial charge on any atom is 0.232 e. The van der Waals surface area contributed by atoms with E-state index in [0.29, 0.717) is 34.0 Å². The standard InChI is InChI=1S/C26H28FN3O5S/c1-26(2,32)22(31)14-30(36(3,33)34)20-13-21-19(12-18(20)15-4-5-15)23(25-28-10-11-29-25)24(35-21)16-6-8-17(27)9-7-16/h6-13,15,22,31-32H,4-5,14H2,1-3H3,(H,28,29). The summed E-state index contributed by atoms with van der Waals surface area (Å²) in [7, 11) is -3.81. The van der Waals surface area contributed by atoms with Crippen LogP contribution in [0.3, 0.4) is 0 Å². The number of benzene rings is 2. The van der Waals surface area contributed by atoms with E-state index in [4.69, 9.17) is 4.42 Å². The molecule has 1 unspecified atom stereocenters. The molecule has 8 nitrogen and oxygen atoms in total. The molecule has 3 N–H and O–H groups in total. The van der Waals surface area contributed by atoms with Crippen molar-refractivity contribution < 1.29 is 27.4 Å². The number of fused-ring (bicyclic) bond motifs is 1. The fourth-order valence-electron chi connectivity index (χ4n) is 4.32. The van der Waals surface area contributed by atoms with Crippen LogP contribution in [0.25, 0.3) is 33.7 Å². The Morgan fingerprint density at radius 1 is 1.25 bits per heavy atom. The van der Waals surface area contributed by atoms with E-state index >= 15 is 0 Å². The summed E-state index contributed by atoms with van der Waals surface area (Å²) < 4.78 is 46.8. The molecule has 0 amide bonds. The van der Waals surface area contributed by atoms with Gasteiger partial charge in [0, 0.05) is 29.4 Å². The number of aromatic nitrogens is 2. The van der Waals surface area contributed by atoms with Crippen molar-refractivity contribution in [3.05, 3.63) is 60.2 Å². The van der Waals surface area contributed by atoms with Crippen LogP contribution in [0.1, 0.15) is 38.2 Å². The molecule has 2 heterocycles. The minimum atomic E-state index is -3.81. The molecule has 2 aromatic carbocycles. The van der Waals surface area contributed by atoms with E-state index in [0.717, 1.165) is 34.4 Å².